The van der Waals surface area contributed by atoms with E-state index in [1.54, 1.807) is 0 Å². The first-order valence-electron chi connectivity index (χ1n) is 11.0. The molecule has 0 bridgehead atoms. The third-order valence-electron chi connectivity index (χ3n) is 5.48. The van der Waals surface area contributed by atoms with Crippen LogP contribution in [0.2, 0.25) is 0 Å². The highest BCUT2D eigenvalue weighted by Gasteiger charge is 2.13. The number of hydrogen-bond acceptors (Lipinski definition) is 2. The van der Waals surface area contributed by atoms with Crippen LogP contribution in [0.15, 0.2) is 48.5 Å². The summed E-state index contributed by atoms with van der Waals surface area (Å²) in [5.41, 5.74) is 4.82. The molecule has 0 spiro atoms. The minimum atomic E-state index is 1.01. The molecule has 1 aromatic heterocycles. The van der Waals surface area contributed by atoms with Gasteiger partial charge in [0.15, 0.2) is 0 Å². The Bertz CT molecular complexity index is 840. The maximum Gasteiger partial charge on any atom is 0.141 e. The van der Waals surface area contributed by atoms with Crippen LogP contribution in [0.1, 0.15) is 51.5 Å². The Morgan fingerprint density at radius 1 is 0.821 bits per heavy atom. The van der Waals surface area contributed by atoms with Crippen molar-refractivity contribution >= 4 is 11.0 Å². The van der Waals surface area contributed by atoms with Gasteiger partial charge in [-0.15, -0.1) is 0 Å². The molecule has 1 heterocycles. The average Bonchev–Trinajstić information content (AvgIpc) is 3.09. The van der Waals surface area contributed by atoms with Crippen molar-refractivity contribution in [1.82, 2.24) is 14.5 Å². The molecule has 0 atom stereocenters. The van der Waals surface area contributed by atoms with Gasteiger partial charge in [0.2, 0.25) is 0 Å². The third kappa shape index (κ3) is 5.23. The molecule has 0 unspecified atom stereocenters. The van der Waals surface area contributed by atoms with E-state index >= 15 is 0 Å². The highest BCUT2D eigenvalue weighted by molar-refractivity contribution is 5.80. The maximum absolute atomic E-state index is 4.96. The first-order valence-corrected chi connectivity index (χ1v) is 11.0. The van der Waals surface area contributed by atoms with Gasteiger partial charge >= 0.3 is 0 Å². The van der Waals surface area contributed by atoms with Crippen molar-refractivity contribution in [2.24, 2.45) is 0 Å². The Hall–Kier alpha value is -2.13. The molecular weight excluding hydrogens is 342 g/mol. The zero-order chi connectivity index (χ0) is 19.8. The number of fused-ring (bicyclic) bond motifs is 1. The lowest BCUT2D eigenvalue weighted by Gasteiger charge is -2.22. The fourth-order valence-corrected chi connectivity index (χ4v) is 3.78. The van der Waals surface area contributed by atoms with Gasteiger partial charge in [-0.3, -0.25) is 0 Å². The molecule has 0 radical (unpaired) electrons. The molecule has 0 aliphatic carbocycles. The van der Waals surface area contributed by atoms with E-state index in [0.29, 0.717) is 0 Å². The summed E-state index contributed by atoms with van der Waals surface area (Å²) >= 11 is 0. The Morgan fingerprint density at radius 2 is 1.46 bits per heavy atom. The van der Waals surface area contributed by atoms with Crippen LogP contribution in [-0.4, -0.2) is 34.1 Å². The second-order valence-electron chi connectivity index (χ2n) is 7.84. The Kier molecular flexibility index (Phi) is 7.67. The lowest BCUT2D eigenvalue weighted by Crippen LogP contribution is -2.28. The number of para-hydroxylation sites is 2. The maximum atomic E-state index is 4.96. The highest BCUT2D eigenvalue weighted by Crippen LogP contribution is 2.25. The molecule has 150 valence electrons. The van der Waals surface area contributed by atoms with Gasteiger partial charge in [-0.2, -0.15) is 0 Å². The minimum Gasteiger partial charge on any atom is -0.324 e. The van der Waals surface area contributed by atoms with Gasteiger partial charge < -0.3 is 9.47 Å². The van der Waals surface area contributed by atoms with E-state index in [2.05, 4.69) is 78.8 Å². The summed E-state index contributed by atoms with van der Waals surface area (Å²) in [6.45, 7) is 11.3. The van der Waals surface area contributed by atoms with E-state index in [-0.39, 0.29) is 0 Å². The van der Waals surface area contributed by atoms with Crippen LogP contribution in [0.3, 0.4) is 0 Å². The third-order valence-corrected chi connectivity index (χ3v) is 5.48. The number of nitrogens with zero attached hydrogens (tertiary/aromatic N) is 3. The number of benzene rings is 2. The normalized spacial score (nSPS) is 11.6. The molecule has 3 nitrogen and oxygen atoms in total. The van der Waals surface area contributed by atoms with Crippen LogP contribution < -0.4 is 0 Å². The van der Waals surface area contributed by atoms with Gasteiger partial charge in [0.1, 0.15) is 5.82 Å². The van der Waals surface area contributed by atoms with Crippen molar-refractivity contribution in [3.63, 3.8) is 0 Å². The number of aromatic nitrogens is 2. The fourth-order valence-electron chi connectivity index (χ4n) is 3.78. The summed E-state index contributed by atoms with van der Waals surface area (Å²) in [6.07, 6.45) is 6.30. The van der Waals surface area contributed by atoms with Gasteiger partial charge in [-0.1, -0.05) is 68.7 Å². The smallest absolute Gasteiger partial charge is 0.141 e. The SMILES string of the molecule is CCCCN(CCCC)CCCn1c(-c2ccc(C)cc2)nc2ccccc21. The average molecular weight is 378 g/mol. The van der Waals surface area contributed by atoms with E-state index in [0.717, 1.165) is 24.3 Å². The van der Waals surface area contributed by atoms with Gasteiger partial charge in [0.25, 0.3) is 0 Å². The molecule has 0 amide bonds. The van der Waals surface area contributed by atoms with Crippen LogP contribution in [0, 0.1) is 6.92 Å². The molecule has 0 aliphatic rings. The zero-order valence-electron chi connectivity index (χ0n) is 17.8. The van der Waals surface area contributed by atoms with Crippen LogP contribution in [-0.2, 0) is 6.54 Å². The number of unbranched alkanes of at least 4 members (excludes halogenated alkanes) is 2. The monoisotopic (exact) mass is 377 g/mol. The molecule has 0 fully saturated rings. The minimum absolute atomic E-state index is 1.01. The Balaban J connectivity index is 1.77. The quantitative estimate of drug-likeness (QED) is 0.391. The molecular formula is C25H35N3. The summed E-state index contributed by atoms with van der Waals surface area (Å²) in [7, 11) is 0. The standard InChI is InChI=1S/C25H35N3/c1-4-6-17-27(18-7-5-2)19-10-20-28-24-12-9-8-11-23(24)26-25(28)22-15-13-21(3)14-16-22/h8-9,11-16H,4-7,10,17-20H2,1-3H3. The van der Waals surface area contributed by atoms with Gasteiger partial charge in [0.05, 0.1) is 11.0 Å². The number of imidazole rings is 1. The Labute approximate surface area is 170 Å². The van der Waals surface area contributed by atoms with Gasteiger partial charge in [0, 0.05) is 12.1 Å². The number of rotatable bonds is 11. The molecule has 3 heteroatoms. The second-order valence-corrected chi connectivity index (χ2v) is 7.84. The molecule has 0 saturated carbocycles. The van der Waals surface area contributed by atoms with Crippen LogP contribution in [0.5, 0.6) is 0 Å². The van der Waals surface area contributed by atoms with Crippen LogP contribution in [0.4, 0.5) is 0 Å². The first-order chi connectivity index (χ1) is 13.7. The molecule has 0 aliphatic heterocycles. The van der Waals surface area contributed by atoms with E-state index < -0.39 is 0 Å². The summed E-state index contributed by atoms with van der Waals surface area (Å²) in [6, 6.07) is 17.3. The lowest BCUT2D eigenvalue weighted by atomic mass is 10.1. The van der Waals surface area contributed by atoms with Crippen molar-refractivity contribution in [1.29, 1.82) is 0 Å². The molecule has 3 aromatic rings. The second kappa shape index (κ2) is 10.4. The van der Waals surface area contributed by atoms with E-state index in [4.69, 9.17) is 4.98 Å². The van der Waals surface area contributed by atoms with E-state index in [1.165, 1.54) is 62.0 Å². The summed E-state index contributed by atoms with van der Waals surface area (Å²) in [4.78, 5) is 7.61. The largest absolute Gasteiger partial charge is 0.324 e. The Morgan fingerprint density at radius 3 is 2.14 bits per heavy atom. The number of hydrogen-bond donors (Lipinski definition) is 0. The van der Waals surface area contributed by atoms with Crippen molar-refractivity contribution in [3.8, 4) is 11.4 Å². The topological polar surface area (TPSA) is 21.1 Å². The van der Waals surface area contributed by atoms with E-state index in [9.17, 15) is 0 Å². The molecule has 0 saturated heterocycles. The van der Waals surface area contributed by atoms with Crippen LogP contribution >= 0.6 is 0 Å². The van der Waals surface area contributed by atoms with Crippen molar-refractivity contribution in [2.75, 3.05) is 19.6 Å². The predicted molar refractivity (Wildman–Crippen MR) is 121 cm³/mol. The van der Waals surface area contributed by atoms with Gasteiger partial charge in [-0.05, 0) is 58.0 Å². The number of aryl methyl sites for hydroxylation is 2. The fraction of sp³-hybridized carbons (Fsp3) is 0.480. The van der Waals surface area contributed by atoms with Crippen molar-refractivity contribution in [3.05, 3.63) is 54.1 Å². The summed E-state index contributed by atoms with van der Waals surface area (Å²) in [5.74, 6) is 1.09. The zero-order valence-corrected chi connectivity index (χ0v) is 17.8. The van der Waals surface area contributed by atoms with Gasteiger partial charge in [-0.25, -0.2) is 4.98 Å². The van der Waals surface area contributed by atoms with Crippen molar-refractivity contribution in [2.45, 2.75) is 59.4 Å². The van der Waals surface area contributed by atoms with Crippen molar-refractivity contribution < 1.29 is 0 Å². The molecule has 3 rings (SSSR count). The predicted octanol–water partition coefficient (Wildman–Crippen LogP) is 6.30. The molecule has 0 N–H and O–H groups in total. The molecule has 2 aromatic carbocycles. The summed E-state index contributed by atoms with van der Waals surface area (Å²) in [5, 5.41) is 0. The first kappa shape index (κ1) is 20.6. The lowest BCUT2D eigenvalue weighted by molar-refractivity contribution is 0.258. The molecule has 28 heavy (non-hydrogen) atoms. The van der Waals surface area contributed by atoms with Crippen LogP contribution in [0.25, 0.3) is 22.4 Å². The van der Waals surface area contributed by atoms with E-state index in [1.807, 2.05) is 0 Å². The highest BCUT2D eigenvalue weighted by atomic mass is 15.1. The summed E-state index contributed by atoms with van der Waals surface area (Å²) < 4.78 is 2.41.